The van der Waals surface area contributed by atoms with E-state index >= 15 is 0 Å². The minimum Gasteiger partial charge on any atom is -0.400 e. The van der Waals surface area contributed by atoms with Crippen LogP contribution in [-0.4, -0.2) is 24.2 Å². The molecule has 2 aliphatic heterocycles. The van der Waals surface area contributed by atoms with Crippen LogP contribution in [0.5, 0.6) is 0 Å². The molecule has 1 N–H and O–H groups in total. The molecule has 1 aromatic carbocycles. The van der Waals surface area contributed by atoms with Gasteiger partial charge in [0.2, 0.25) is 0 Å². The van der Waals surface area contributed by atoms with E-state index in [0.29, 0.717) is 0 Å². The van der Waals surface area contributed by atoms with Crippen LogP contribution in [0, 0.1) is 0 Å². The molecule has 1 saturated heterocycles. The summed E-state index contributed by atoms with van der Waals surface area (Å²) in [5, 5.41) is 2.96. The lowest BCUT2D eigenvalue weighted by Crippen LogP contribution is -2.41. The summed E-state index contributed by atoms with van der Waals surface area (Å²) in [6, 6.07) is 7.81. The highest BCUT2D eigenvalue weighted by Crippen LogP contribution is 2.43. The van der Waals surface area contributed by atoms with Crippen LogP contribution in [0.25, 0.3) is 5.57 Å². The van der Waals surface area contributed by atoms with Crippen LogP contribution in [0.2, 0.25) is 0 Å². The van der Waals surface area contributed by atoms with Gasteiger partial charge in [-0.1, -0.05) is 38.0 Å². The number of fused-ring (bicyclic) bond motifs is 1. The topological polar surface area (TPSA) is 47.6 Å². The normalized spacial score (nSPS) is 23.2. The van der Waals surface area contributed by atoms with E-state index in [-0.39, 0.29) is 5.91 Å². The number of amides is 1. The van der Waals surface area contributed by atoms with E-state index in [4.69, 9.17) is 9.31 Å². The van der Waals surface area contributed by atoms with Gasteiger partial charge >= 0.3 is 7.12 Å². The van der Waals surface area contributed by atoms with Crippen LogP contribution in [0.3, 0.4) is 0 Å². The van der Waals surface area contributed by atoms with Crippen molar-refractivity contribution < 1.29 is 14.1 Å². The molecular weight excluding hydrogens is 301 g/mol. The number of nitrogens with one attached hydrogen (secondary N) is 1. The Hall–Kier alpha value is -1.59. The van der Waals surface area contributed by atoms with E-state index in [1.54, 1.807) is 0 Å². The molecule has 5 heteroatoms. The van der Waals surface area contributed by atoms with Crippen LogP contribution in [0.15, 0.2) is 29.7 Å². The molecule has 24 heavy (non-hydrogen) atoms. The number of para-hydroxylation sites is 1. The predicted molar refractivity (Wildman–Crippen MR) is 97.6 cm³/mol. The molecule has 3 rings (SSSR count). The Kier molecular flexibility index (Phi) is 4.35. The quantitative estimate of drug-likeness (QED) is 0.665. The van der Waals surface area contributed by atoms with Gasteiger partial charge in [-0.2, -0.15) is 0 Å². The highest BCUT2D eigenvalue weighted by Gasteiger charge is 2.53. The van der Waals surface area contributed by atoms with Gasteiger partial charge in [0, 0.05) is 16.8 Å². The second-order valence-corrected chi connectivity index (χ2v) is 7.59. The maximum Gasteiger partial charge on any atom is 0.491 e. The van der Waals surface area contributed by atoms with Gasteiger partial charge in [-0.3, -0.25) is 4.79 Å². The zero-order valence-electron chi connectivity index (χ0n) is 15.2. The van der Waals surface area contributed by atoms with Gasteiger partial charge in [0.05, 0.1) is 11.2 Å². The molecule has 0 unspecified atom stereocenters. The first-order valence-corrected chi connectivity index (χ1v) is 8.76. The van der Waals surface area contributed by atoms with Gasteiger partial charge in [0.15, 0.2) is 0 Å². The molecule has 0 atom stereocenters. The largest absolute Gasteiger partial charge is 0.491 e. The Morgan fingerprint density at radius 1 is 1.12 bits per heavy atom. The number of allylic oxidation sites excluding steroid dienone is 1. The number of anilines is 1. The fraction of sp³-hybridized carbons (Fsp3) is 0.526. The van der Waals surface area contributed by atoms with Crippen molar-refractivity contribution in [3.05, 3.63) is 35.3 Å². The van der Waals surface area contributed by atoms with E-state index in [1.807, 2.05) is 52.0 Å². The second-order valence-electron chi connectivity index (χ2n) is 7.59. The Morgan fingerprint density at radius 2 is 1.75 bits per heavy atom. The number of carbonyl (C=O) groups is 1. The Bertz CT molecular complexity index is 678. The van der Waals surface area contributed by atoms with E-state index in [0.717, 1.165) is 41.6 Å². The molecule has 2 aliphatic rings. The van der Waals surface area contributed by atoms with Crippen LogP contribution in [0.1, 0.15) is 59.4 Å². The van der Waals surface area contributed by atoms with E-state index in [9.17, 15) is 4.79 Å². The van der Waals surface area contributed by atoms with Crippen LogP contribution in [-0.2, 0) is 14.1 Å². The summed E-state index contributed by atoms with van der Waals surface area (Å²) in [5.74, 6) is -0.0583. The highest BCUT2D eigenvalue weighted by molar-refractivity contribution is 6.59. The summed E-state index contributed by atoms with van der Waals surface area (Å²) < 4.78 is 12.5. The molecule has 1 fully saturated rings. The third kappa shape index (κ3) is 2.80. The average Bonchev–Trinajstić information content (AvgIpc) is 2.93. The van der Waals surface area contributed by atoms with Gasteiger partial charge in [0.1, 0.15) is 0 Å². The SMILES string of the molecule is CCCC/C(B1OC(C)(C)C(C)(C)O1)=C1/C(=O)Nc2ccccc21. The number of unbranched alkanes of at least 4 members (excludes halogenated alkanes) is 1. The lowest BCUT2D eigenvalue weighted by Gasteiger charge is -2.32. The average molecular weight is 327 g/mol. The summed E-state index contributed by atoms with van der Waals surface area (Å²) in [7, 11) is -0.478. The van der Waals surface area contributed by atoms with Crippen molar-refractivity contribution in [2.45, 2.75) is 65.1 Å². The number of benzene rings is 1. The van der Waals surface area contributed by atoms with Crippen molar-refractivity contribution in [2.75, 3.05) is 5.32 Å². The minimum atomic E-state index is -0.478. The Balaban J connectivity index is 2.07. The summed E-state index contributed by atoms with van der Waals surface area (Å²) in [6.45, 7) is 10.3. The first kappa shape index (κ1) is 17.2. The molecule has 4 nitrogen and oxygen atoms in total. The number of hydrogen-bond acceptors (Lipinski definition) is 3. The van der Waals surface area contributed by atoms with E-state index in [1.165, 1.54) is 0 Å². The van der Waals surface area contributed by atoms with E-state index < -0.39 is 18.3 Å². The van der Waals surface area contributed by atoms with Crippen molar-refractivity contribution in [3.8, 4) is 0 Å². The second kappa shape index (κ2) is 6.05. The maximum absolute atomic E-state index is 12.6. The molecule has 128 valence electrons. The van der Waals surface area contributed by atoms with Gasteiger partial charge in [-0.25, -0.2) is 0 Å². The smallest absolute Gasteiger partial charge is 0.400 e. The monoisotopic (exact) mass is 327 g/mol. The summed E-state index contributed by atoms with van der Waals surface area (Å²) in [4.78, 5) is 12.6. The summed E-state index contributed by atoms with van der Waals surface area (Å²) in [6.07, 6.45) is 2.85. The van der Waals surface area contributed by atoms with Crippen molar-refractivity contribution in [2.24, 2.45) is 0 Å². The summed E-state index contributed by atoms with van der Waals surface area (Å²) >= 11 is 0. The molecule has 1 amide bonds. The van der Waals surface area contributed by atoms with Crippen molar-refractivity contribution in [1.82, 2.24) is 0 Å². The molecular formula is C19H26BNO3. The van der Waals surface area contributed by atoms with Gasteiger partial charge < -0.3 is 14.6 Å². The number of rotatable bonds is 4. The molecule has 1 aromatic rings. The zero-order chi connectivity index (χ0) is 17.5. The number of hydrogen-bond donors (Lipinski definition) is 1. The number of carbonyl (C=O) groups excluding carboxylic acids is 1. The third-order valence-electron chi connectivity index (χ3n) is 5.33. The first-order chi connectivity index (χ1) is 11.3. The van der Waals surface area contributed by atoms with Gasteiger partial charge in [-0.15, -0.1) is 0 Å². The van der Waals surface area contributed by atoms with Crippen LogP contribution in [0.4, 0.5) is 5.69 Å². The van der Waals surface area contributed by atoms with Crippen LogP contribution >= 0.6 is 0 Å². The molecule has 0 bridgehead atoms. The maximum atomic E-state index is 12.6. The first-order valence-electron chi connectivity index (χ1n) is 8.76. The fourth-order valence-corrected chi connectivity index (χ4v) is 3.15. The van der Waals surface area contributed by atoms with E-state index in [2.05, 4.69) is 12.2 Å². The highest BCUT2D eigenvalue weighted by atomic mass is 16.7. The standard InChI is InChI=1S/C19H26BNO3/c1-6-7-11-14(20-23-18(2,3)19(4,5)24-20)16-13-10-8-9-12-15(13)21-17(16)22/h8-10,12H,6-7,11H2,1-5H3,(H,21,22)/b16-14-. The minimum absolute atomic E-state index is 0.0583. The Labute approximate surface area is 144 Å². The lowest BCUT2D eigenvalue weighted by atomic mass is 9.71. The molecule has 0 aliphatic carbocycles. The van der Waals surface area contributed by atoms with Gasteiger partial charge in [0.25, 0.3) is 5.91 Å². The molecule has 0 radical (unpaired) electrons. The summed E-state index contributed by atoms with van der Waals surface area (Å²) in [5.41, 5.74) is 2.66. The van der Waals surface area contributed by atoms with Crippen molar-refractivity contribution >= 4 is 24.3 Å². The molecule has 2 heterocycles. The predicted octanol–water partition coefficient (Wildman–Crippen LogP) is 4.21. The zero-order valence-corrected chi connectivity index (χ0v) is 15.2. The molecule has 0 saturated carbocycles. The lowest BCUT2D eigenvalue weighted by molar-refractivity contribution is -0.110. The Morgan fingerprint density at radius 3 is 2.38 bits per heavy atom. The molecule has 0 spiro atoms. The fourth-order valence-electron chi connectivity index (χ4n) is 3.15. The molecule has 0 aromatic heterocycles. The van der Waals surface area contributed by atoms with Crippen molar-refractivity contribution in [1.29, 1.82) is 0 Å². The van der Waals surface area contributed by atoms with Crippen LogP contribution < -0.4 is 5.32 Å². The third-order valence-corrected chi connectivity index (χ3v) is 5.33. The van der Waals surface area contributed by atoms with Gasteiger partial charge in [-0.05, 0) is 45.7 Å². The van der Waals surface area contributed by atoms with Crippen molar-refractivity contribution in [3.63, 3.8) is 0 Å².